The number of sulfonamides is 1. The molecule has 0 radical (unpaired) electrons. The van der Waals surface area contributed by atoms with Gasteiger partial charge in [-0.3, -0.25) is 0 Å². The maximum absolute atomic E-state index is 11.3. The normalized spacial score (nSPS) is 17.4. The van der Waals surface area contributed by atoms with Crippen molar-refractivity contribution in [3.8, 4) is 0 Å². The zero-order valence-corrected chi connectivity index (χ0v) is 12.7. The van der Waals surface area contributed by atoms with Gasteiger partial charge >= 0.3 is 0 Å². The largest absolute Gasteiger partial charge is 0.397 e. The first-order valence-corrected chi connectivity index (χ1v) is 8.63. The van der Waals surface area contributed by atoms with Crippen LogP contribution in [-0.2, 0) is 10.0 Å². The van der Waals surface area contributed by atoms with E-state index in [-0.39, 0.29) is 4.90 Å². The molecule has 1 aromatic rings. The highest BCUT2D eigenvalue weighted by Crippen LogP contribution is 2.30. The number of nitrogens with zero attached hydrogens (tertiary/aromatic N) is 1. The average Bonchev–Trinajstić information content (AvgIpc) is 2.39. The Morgan fingerprint density at radius 3 is 2.45 bits per heavy atom. The van der Waals surface area contributed by atoms with Gasteiger partial charge in [0.15, 0.2) is 0 Å². The first kappa shape index (κ1) is 15.1. The predicted molar refractivity (Wildman–Crippen MR) is 82.1 cm³/mol. The number of rotatable bonds is 4. The number of nitrogens with two attached hydrogens (primary N) is 2. The van der Waals surface area contributed by atoms with Crippen molar-refractivity contribution >= 4 is 21.4 Å². The van der Waals surface area contributed by atoms with E-state index in [1.54, 1.807) is 6.07 Å². The number of hydrogen-bond donors (Lipinski definition) is 2. The molecule has 5 nitrogen and oxygen atoms in total. The summed E-state index contributed by atoms with van der Waals surface area (Å²) in [6.07, 6.45) is 4.86. The SMILES string of the molecule is CCCC1CCN(c2ccc(S(N)(=O)=O)cc2N)CC1. The topological polar surface area (TPSA) is 89.4 Å². The molecular weight excluding hydrogens is 274 g/mol. The molecule has 0 bridgehead atoms. The molecule has 1 heterocycles. The Hall–Kier alpha value is -1.27. The zero-order valence-electron chi connectivity index (χ0n) is 11.9. The van der Waals surface area contributed by atoms with Crippen molar-refractivity contribution in [1.82, 2.24) is 0 Å². The van der Waals surface area contributed by atoms with Crippen LogP contribution in [0.3, 0.4) is 0 Å². The van der Waals surface area contributed by atoms with E-state index in [4.69, 9.17) is 10.9 Å². The summed E-state index contributed by atoms with van der Waals surface area (Å²) in [6, 6.07) is 4.73. The Bertz CT molecular complexity index is 564. The summed E-state index contributed by atoms with van der Waals surface area (Å²) < 4.78 is 22.6. The van der Waals surface area contributed by atoms with Crippen LogP contribution >= 0.6 is 0 Å². The van der Waals surface area contributed by atoms with Gasteiger partial charge in [-0.05, 0) is 37.0 Å². The smallest absolute Gasteiger partial charge is 0.238 e. The minimum absolute atomic E-state index is 0.0691. The van der Waals surface area contributed by atoms with Crippen molar-refractivity contribution < 1.29 is 8.42 Å². The van der Waals surface area contributed by atoms with Gasteiger partial charge in [0.05, 0.1) is 16.3 Å². The van der Waals surface area contributed by atoms with Crippen LogP contribution < -0.4 is 15.8 Å². The lowest BCUT2D eigenvalue weighted by atomic mass is 9.92. The molecule has 1 aliphatic rings. The number of anilines is 2. The fourth-order valence-electron chi connectivity index (χ4n) is 2.87. The van der Waals surface area contributed by atoms with E-state index >= 15 is 0 Å². The van der Waals surface area contributed by atoms with Gasteiger partial charge in [-0.25, -0.2) is 13.6 Å². The molecule has 1 aliphatic heterocycles. The Balaban J connectivity index is 2.11. The maximum Gasteiger partial charge on any atom is 0.238 e. The minimum atomic E-state index is -3.69. The summed E-state index contributed by atoms with van der Waals surface area (Å²) in [5.41, 5.74) is 7.37. The third-order valence-electron chi connectivity index (χ3n) is 3.98. The minimum Gasteiger partial charge on any atom is -0.397 e. The molecule has 2 rings (SSSR count). The molecule has 0 amide bonds. The second-order valence-electron chi connectivity index (χ2n) is 5.48. The van der Waals surface area contributed by atoms with Crippen molar-refractivity contribution in [2.75, 3.05) is 23.7 Å². The molecule has 1 fully saturated rings. The first-order valence-electron chi connectivity index (χ1n) is 7.09. The molecule has 0 aromatic heterocycles. The number of hydrogen-bond acceptors (Lipinski definition) is 4. The van der Waals surface area contributed by atoms with Gasteiger partial charge in [0.1, 0.15) is 0 Å². The van der Waals surface area contributed by atoms with E-state index in [1.807, 2.05) is 0 Å². The molecule has 112 valence electrons. The van der Waals surface area contributed by atoms with Gasteiger partial charge < -0.3 is 10.6 Å². The van der Waals surface area contributed by atoms with Crippen molar-refractivity contribution in [2.45, 2.75) is 37.5 Å². The van der Waals surface area contributed by atoms with Gasteiger partial charge in [-0.2, -0.15) is 0 Å². The summed E-state index contributed by atoms with van der Waals surface area (Å²) >= 11 is 0. The van der Waals surface area contributed by atoms with Crippen molar-refractivity contribution in [2.24, 2.45) is 11.1 Å². The summed E-state index contributed by atoms with van der Waals surface area (Å²) in [6.45, 7) is 4.17. The van der Waals surface area contributed by atoms with Crippen LogP contribution in [0.4, 0.5) is 11.4 Å². The first-order chi connectivity index (χ1) is 9.41. The fraction of sp³-hybridized carbons (Fsp3) is 0.571. The standard InChI is InChI=1S/C14H23N3O2S/c1-2-3-11-6-8-17(9-7-11)14-5-4-12(10-13(14)15)20(16,18)19/h4-5,10-11H,2-3,6-9,15H2,1H3,(H2,16,18,19). The van der Waals surface area contributed by atoms with Gasteiger partial charge in [0.2, 0.25) is 10.0 Å². The van der Waals surface area contributed by atoms with E-state index in [1.165, 1.54) is 37.8 Å². The zero-order chi connectivity index (χ0) is 14.8. The van der Waals surface area contributed by atoms with Crippen molar-refractivity contribution in [3.05, 3.63) is 18.2 Å². The second-order valence-corrected chi connectivity index (χ2v) is 7.05. The van der Waals surface area contributed by atoms with Crippen LogP contribution in [0.15, 0.2) is 23.1 Å². The highest BCUT2D eigenvalue weighted by atomic mass is 32.2. The van der Waals surface area contributed by atoms with Gasteiger partial charge in [-0.15, -0.1) is 0 Å². The van der Waals surface area contributed by atoms with Crippen LogP contribution in [0.2, 0.25) is 0 Å². The lowest BCUT2D eigenvalue weighted by Gasteiger charge is -2.34. The highest BCUT2D eigenvalue weighted by Gasteiger charge is 2.20. The van der Waals surface area contributed by atoms with Crippen molar-refractivity contribution in [1.29, 1.82) is 0 Å². The summed E-state index contributed by atoms with van der Waals surface area (Å²) in [7, 11) is -3.69. The molecule has 20 heavy (non-hydrogen) atoms. The monoisotopic (exact) mass is 297 g/mol. The molecule has 1 saturated heterocycles. The molecule has 0 saturated carbocycles. The Labute approximate surface area is 121 Å². The van der Waals surface area contributed by atoms with Crippen molar-refractivity contribution in [3.63, 3.8) is 0 Å². The average molecular weight is 297 g/mol. The number of piperidine rings is 1. The van der Waals surface area contributed by atoms with Gasteiger partial charge in [-0.1, -0.05) is 19.8 Å². The van der Waals surface area contributed by atoms with Crippen LogP contribution in [0.1, 0.15) is 32.6 Å². The quantitative estimate of drug-likeness (QED) is 0.831. The Kier molecular flexibility index (Phi) is 4.55. The highest BCUT2D eigenvalue weighted by molar-refractivity contribution is 7.89. The number of nitrogen functional groups attached to an aromatic ring is 1. The molecule has 0 spiro atoms. The molecule has 1 aromatic carbocycles. The second kappa shape index (κ2) is 6.01. The van der Waals surface area contributed by atoms with Crippen LogP contribution in [-0.4, -0.2) is 21.5 Å². The fourth-order valence-corrected chi connectivity index (χ4v) is 3.42. The van der Waals surface area contributed by atoms with Gasteiger partial charge in [0, 0.05) is 13.1 Å². The molecule has 0 aliphatic carbocycles. The summed E-state index contributed by atoms with van der Waals surface area (Å²) in [4.78, 5) is 2.30. The lowest BCUT2D eigenvalue weighted by molar-refractivity contribution is 0.378. The van der Waals surface area contributed by atoms with E-state index in [0.29, 0.717) is 5.69 Å². The molecule has 6 heteroatoms. The van der Waals surface area contributed by atoms with E-state index < -0.39 is 10.0 Å². The van der Waals surface area contributed by atoms with E-state index in [0.717, 1.165) is 24.7 Å². The number of benzene rings is 1. The summed E-state index contributed by atoms with van der Waals surface area (Å²) in [5.74, 6) is 0.807. The third kappa shape index (κ3) is 3.43. The molecule has 4 N–H and O–H groups in total. The van der Waals surface area contributed by atoms with E-state index in [9.17, 15) is 8.42 Å². The molecule has 0 unspecified atom stereocenters. The Morgan fingerprint density at radius 2 is 1.95 bits per heavy atom. The predicted octanol–water partition coefficient (Wildman–Crippen LogP) is 1.93. The van der Waals surface area contributed by atoms with Crippen LogP contribution in [0.25, 0.3) is 0 Å². The maximum atomic E-state index is 11.3. The van der Waals surface area contributed by atoms with Crippen LogP contribution in [0, 0.1) is 5.92 Å². The van der Waals surface area contributed by atoms with Gasteiger partial charge in [0.25, 0.3) is 0 Å². The third-order valence-corrected chi connectivity index (χ3v) is 4.89. The lowest BCUT2D eigenvalue weighted by Crippen LogP contribution is -2.34. The van der Waals surface area contributed by atoms with Crippen LogP contribution in [0.5, 0.6) is 0 Å². The van der Waals surface area contributed by atoms with E-state index in [2.05, 4.69) is 11.8 Å². The molecule has 0 atom stereocenters. The number of primary sulfonamides is 1. The Morgan fingerprint density at radius 1 is 1.30 bits per heavy atom. The summed E-state index contributed by atoms with van der Waals surface area (Å²) in [5, 5.41) is 5.11. The molecular formula is C14H23N3O2S.